The van der Waals surface area contributed by atoms with Gasteiger partial charge in [0.25, 0.3) is 5.91 Å². The lowest BCUT2D eigenvalue weighted by Crippen LogP contribution is -2.43. The summed E-state index contributed by atoms with van der Waals surface area (Å²) in [7, 11) is 0. The molecule has 2 aliphatic heterocycles. The number of carbonyl (C=O) groups is 1. The quantitative estimate of drug-likeness (QED) is 0.673. The normalized spacial score (nSPS) is 16.9. The molecular weight excluding hydrogens is 390 g/mol. The number of ether oxygens (including phenoxy) is 2. The van der Waals surface area contributed by atoms with Gasteiger partial charge in [-0.15, -0.1) is 0 Å². The van der Waals surface area contributed by atoms with Crippen molar-refractivity contribution in [3.63, 3.8) is 0 Å². The van der Waals surface area contributed by atoms with Crippen LogP contribution in [0.3, 0.4) is 0 Å². The predicted molar refractivity (Wildman–Crippen MR) is 123 cm³/mol. The van der Waals surface area contributed by atoms with Crippen molar-refractivity contribution in [1.29, 1.82) is 0 Å². The molecule has 0 spiro atoms. The van der Waals surface area contributed by atoms with Crippen LogP contribution in [0.4, 0.5) is 5.69 Å². The second kappa shape index (κ2) is 10.1. The van der Waals surface area contributed by atoms with Gasteiger partial charge in [-0.25, -0.2) is 0 Å². The first kappa shape index (κ1) is 21.5. The third-order valence-electron chi connectivity index (χ3n) is 6.33. The molecule has 2 aromatic carbocycles. The number of rotatable bonds is 8. The van der Waals surface area contributed by atoms with E-state index in [2.05, 4.69) is 41.5 Å². The maximum Gasteiger partial charge on any atom is 0.251 e. The van der Waals surface area contributed by atoms with Gasteiger partial charge in [0.15, 0.2) is 11.5 Å². The minimum atomic E-state index is -0.0721. The first-order valence-electron chi connectivity index (χ1n) is 11.4. The van der Waals surface area contributed by atoms with Gasteiger partial charge in [-0.1, -0.05) is 26.3 Å². The lowest BCUT2D eigenvalue weighted by atomic mass is 10.0. The maximum atomic E-state index is 12.5. The molecule has 1 amide bonds. The monoisotopic (exact) mass is 423 g/mol. The molecule has 1 atom stereocenters. The van der Waals surface area contributed by atoms with E-state index in [1.54, 1.807) is 0 Å². The molecule has 0 bridgehead atoms. The summed E-state index contributed by atoms with van der Waals surface area (Å²) < 4.78 is 10.7. The van der Waals surface area contributed by atoms with Crippen molar-refractivity contribution in [2.24, 2.45) is 5.92 Å². The summed E-state index contributed by atoms with van der Waals surface area (Å²) in [5.41, 5.74) is 2.85. The van der Waals surface area contributed by atoms with Crippen LogP contribution >= 0.6 is 0 Å². The molecule has 2 aliphatic rings. The summed E-state index contributed by atoms with van der Waals surface area (Å²) in [4.78, 5) is 15.0. The average molecular weight is 424 g/mol. The molecule has 1 saturated heterocycles. The van der Waals surface area contributed by atoms with Crippen LogP contribution in [-0.4, -0.2) is 38.4 Å². The van der Waals surface area contributed by atoms with E-state index in [9.17, 15) is 4.79 Å². The first-order valence-corrected chi connectivity index (χ1v) is 11.4. The number of hydrogen-bond acceptors (Lipinski definition) is 5. The van der Waals surface area contributed by atoms with Crippen LogP contribution in [0.5, 0.6) is 11.5 Å². The van der Waals surface area contributed by atoms with Crippen LogP contribution in [-0.2, 0) is 6.54 Å². The second-order valence-electron chi connectivity index (χ2n) is 8.60. The molecule has 0 aliphatic carbocycles. The van der Waals surface area contributed by atoms with Gasteiger partial charge in [0.2, 0.25) is 6.79 Å². The number of amides is 1. The lowest BCUT2D eigenvalue weighted by Gasteiger charge is -2.34. The Balaban J connectivity index is 1.25. The summed E-state index contributed by atoms with van der Waals surface area (Å²) in [5, 5.41) is 6.70. The predicted octanol–water partition coefficient (Wildman–Crippen LogP) is 3.95. The van der Waals surface area contributed by atoms with Crippen molar-refractivity contribution >= 4 is 11.6 Å². The van der Waals surface area contributed by atoms with Crippen molar-refractivity contribution in [2.75, 3.05) is 31.3 Å². The number of nitrogens with one attached hydrogen (secondary N) is 2. The van der Waals surface area contributed by atoms with Crippen LogP contribution in [0.15, 0.2) is 42.5 Å². The molecule has 166 valence electrons. The van der Waals surface area contributed by atoms with Crippen LogP contribution in [0.25, 0.3) is 0 Å². The van der Waals surface area contributed by atoms with Gasteiger partial charge in [0, 0.05) is 36.9 Å². The number of fused-ring (bicyclic) bond motifs is 1. The molecule has 6 heteroatoms. The highest BCUT2D eigenvalue weighted by Gasteiger charge is 2.20. The van der Waals surface area contributed by atoms with E-state index in [-0.39, 0.29) is 12.7 Å². The Bertz CT molecular complexity index is 876. The second-order valence-corrected chi connectivity index (χ2v) is 8.60. The Morgan fingerprint density at radius 3 is 2.58 bits per heavy atom. The molecule has 2 N–H and O–H groups in total. The minimum absolute atomic E-state index is 0.0721. The topological polar surface area (TPSA) is 62.8 Å². The highest BCUT2D eigenvalue weighted by Crippen LogP contribution is 2.32. The van der Waals surface area contributed by atoms with Crippen molar-refractivity contribution in [1.82, 2.24) is 10.6 Å². The fourth-order valence-corrected chi connectivity index (χ4v) is 4.01. The standard InChI is InChI=1S/C25H33N3O3/c1-3-18(2)15-26-21-10-12-28(13-11-21)22-7-5-20(6-8-22)25(29)27-16-19-4-9-23-24(14-19)31-17-30-23/h4-9,14,18,21,26H,3,10-13,15-17H2,1-2H3,(H,27,29)/t18-/m1/s1. The van der Waals surface area contributed by atoms with Gasteiger partial charge in [0.1, 0.15) is 0 Å². The highest BCUT2D eigenvalue weighted by molar-refractivity contribution is 5.94. The zero-order chi connectivity index (χ0) is 21.6. The van der Waals surface area contributed by atoms with Crippen LogP contribution in [0.2, 0.25) is 0 Å². The molecule has 4 rings (SSSR count). The van der Waals surface area contributed by atoms with E-state index in [4.69, 9.17) is 9.47 Å². The molecule has 0 radical (unpaired) electrons. The summed E-state index contributed by atoms with van der Waals surface area (Å²) in [5.74, 6) is 2.15. The molecule has 0 aromatic heterocycles. The zero-order valence-corrected chi connectivity index (χ0v) is 18.5. The largest absolute Gasteiger partial charge is 0.454 e. The van der Waals surface area contributed by atoms with E-state index in [1.807, 2.05) is 30.3 Å². The average Bonchev–Trinajstić information content (AvgIpc) is 3.29. The number of benzene rings is 2. The van der Waals surface area contributed by atoms with Crippen LogP contribution < -0.4 is 25.0 Å². The summed E-state index contributed by atoms with van der Waals surface area (Å²) in [6.45, 7) is 8.46. The number of piperidine rings is 1. The number of hydrogen-bond donors (Lipinski definition) is 2. The fraction of sp³-hybridized carbons (Fsp3) is 0.480. The van der Waals surface area contributed by atoms with E-state index >= 15 is 0 Å². The number of anilines is 1. The van der Waals surface area contributed by atoms with E-state index < -0.39 is 0 Å². The Hall–Kier alpha value is -2.73. The Kier molecular flexibility index (Phi) is 6.97. The number of carbonyl (C=O) groups excluding carboxylic acids is 1. The van der Waals surface area contributed by atoms with Crippen molar-refractivity contribution in [3.8, 4) is 11.5 Å². The zero-order valence-electron chi connectivity index (χ0n) is 18.5. The van der Waals surface area contributed by atoms with Gasteiger partial charge < -0.3 is 25.0 Å². The smallest absolute Gasteiger partial charge is 0.251 e. The highest BCUT2D eigenvalue weighted by atomic mass is 16.7. The Morgan fingerprint density at radius 1 is 1.10 bits per heavy atom. The van der Waals surface area contributed by atoms with E-state index in [0.29, 0.717) is 18.2 Å². The maximum absolute atomic E-state index is 12.5. The number of nitrogens with zero attached hydrogens (tertiary/aromatic N) is 1. The van der Waals surface area contributed by atoms with Gasteiger partial charge in [-0.3, -0.25) is 4.79 Å². The molecule has 31 heavy (non-hydrogen) atoms. The van der Waals surface area contributed by atoms with Crippen LogP contribution in [0, 0.1) is 5.92 Å². The molecule has 2 heterocycles. The van der Waals surface area contributed by atoms with Gasteiger partial charge >= 0.3 is 0 Å². The van der Waals surface area contributed by atoms with E-state index in [0.717, 1.165) is 55.5 Å². The molecule has 2 aromatic rings. The summed E-state index contributed by atoms with van der Waals surface area (Å²) in [6, 6.07) is 14.3. The van der Waals surface area contributed by atoms with Crippen molar-refractivity contribution < 1.29 is 14.3 Å². The third-order valence-corrected chi connectivity index (χ3v) is 6.33. The molecule has 0 unspecified atom stereocenters. The minimum Gasteiger partial charge on any atom is -0.454 e. The van der Waals surface area contributed by atoms with E-state index in [1.165, 1.54) is 12.1 Å². The van der Waals surface area contributed by atoms with Crippen molar-refractivity contribution in [3.05, 3.63) is 53.6 Å². The third kappa shape index (κ3) is 5.50. The van der Waals surface area contributed by atoms with Crippen LogP contribution in [0.1, 0.15) is 49.0 Å². The SMILES string of the molecule is CC[C@@H](C)CNC1CCN(c2ccc(C(=O)NCc3ccc4c(c3)OCO4)cc2)CC1. The first-order chi connectivity index (χ1) is 15.1. The van der Waals surface area contributed by atoms with Gasteiger partial charge in [0.05, 0.1) is 0 Å². The Morgan fingerprint density at radius 2 is 1.84 bits per heavy atom. The van der Waals surface area contributed by atoms with Gasteiger partial charge in [-0.05, 0) is 67.3 Å². The van der Waals surface area contributed by atoms with Crippen molar-refractivity contribution in [2.45, 2.75) is 45.7 Å². The van der Waals surface area contributed by atoms with Gasteiger partial charge in [-0.2, -0.15) is 0 Å². The Labute approximate surface area is 184 Å². The fourth-order valence-electron chi connectivity index (χ4n) is 4.01. The summed E-state index contributed by atoms with van der Waals surface area (Å²) >= 11 is 0. The molecule has 1 fully saturated rings. The molecule has 6 nitrogen and oxygen atoms in total. The molecule has 0 saturated carbocycles. The molecular formula is C25H33N3O3. The lowest BCUT2D eigenvalue weighted by molar-refractivity contribution is 0.0951. The summed E-state index contributed by atoms with van der Waals surface area (Å²) in [6.07, 6.45) is 3.55.